The summed E-state index contributed by atoms with van der Waals surface area (Å²) in [7, 11) is 1.72. The average Bonchev–Trinajstić information content (AvgIpc) is 2.72. The SMILES string of the molecule is COc1ccc(C(C)N2CCCNC(C(C)(C)C)C2)cc1. The van der Waals surface area contributed by atoms with Crippen LogP contribution in [0.1, 0.15) is 45.7 Å². The molecule has 118 valence electrons. The maximum absolute atomic E-state index is 5.25. The number of ether oxygens (including phenoxy) is 1. The monoisotopic (exact) mass is 290 g/mol. The van der Waals surface area contributed by atoms with E-state index in [1.165, 1.54) is 12.0 Å². The first-order valence-corrected chi connectivity index (χ1v) is 8.03. The van der Waals surface area contributed by atoms with Crippen LogP contribution >= 0.6 is 0 Å². The van der Waals surface area contributed by atoms with Crippen molar-refractivity contribution in [2.45, 2.75) is 46.2 Å². The zero-order chi connectivity index (χ0) is 15.5. The van der Waals surface area contributed by atoms with E-state index < -0.39 is 0 Å². The van der Waals surface area contributed by atoms with Gasteiger partial charge in [-0.25, -0.2) is 0 Å². The van der Waals surface area contributed by atoms with Gasteiger partial charge in [0.1, 0.15) is 5.75 Å². The van der Waals surface area contributed by atoms with Crippen LogP contribution in [0.25, 0.3) is 0 Å². The number of nitrogens with zero attached hydrogens (tertiary/aromatic N) is 1. The Morgan fingerprint density at radius 1 is 1.24 bits per heavy atom. The molecular formula is C18H30N2O. The molecular weight excluding hydrogens is 260 g/mol. The molecule has 1 N–H and O–H groups in total. The normalized spacial score (nSPS) is 22.6. The van der Waals surface area contributed by atoms with Crippen molar-refractivity contribution in [2.75, 3.05) is 26.7 Å². The molecule has 1 heterocycles. The second-order valence-corrected chi connectivity index (χ2v) is 7.17. The van der Waals surface area contributed by atoms with Gasteiger partial charge in [-0.3, -0.25) is 4.90 Å². The van der Waals surface area contributed by atoms with Gasteiger partial charge in [-0.05, 0) is 43.0 Å². The molecule has 1 fully saturated rings. The van der Waals surface area contributed by atoms with Gasteiger partial charge < -0.3 is 10.1 Å². The minimum absolute atomic E-state index is 0.294. The summed E-state index contributed by atoms with van der Waals surface area (Å²) in [6.07, 6.45) is 1.22. The number of methoxy groups -OCH3 is 1. The Morgan fingerprint density at radius 2 is 1.90 bits per heavy atom. The minimum Gasteiger partial charge on any atom is -0.497 e. The molecule has 2 atom stereocenters. The Morgan fingerprint density at radius 3 is 2.48 bits per heavy atom. The molecule has 2 rings (SSSR count). The number of hydrogen-bond donors (Lipinski definition) is 1. The van der Waals surface area contributed by atoms with E-state index in [1.54, 1.807) is 7.11 Å². The van der Waals surface area contributed by atoms with Crippen LogP contribution in [0.4, 0.5) is 0 Å². The fraction of sp³-hybridized carbons (Fsp3) is 0.667. The molecule has 0 amide bonds. The molecule has 21 heavy (non-hydrogen) atoms. The van der Waals surface area contributed by atoms with Gasteiger partial charge in [0, 0.05) is 25.2 Å². The smallest absolute Gasteiger partial charge is 0.118 e. The van der Waals surface area contributed by atoms with E-state index in [-0.39, 0.29) is 0 Å². The zero-order valence-corrected chi connectivity index (χ0v) is 14.1. The fourth-order valence-corrected chi connectivity index (χ4v) is 2.97. The van der Waals surface area contributed by atoms with Crippen LogP contribution in [-0.4, -0.2) is 37.7 Å². The number of hydrogen-bond acceptors (Lipinski definition) is 3. The van der Waals surface area contributed by atoms with Crippen molar-refractivity contribution in [1.29, 1.82) is 0 Å². The third-order valence-corrected chi connectivity index (χ3v) is 4.62. The van der Waals surface area contributed by atoms with E-state index in [0.717, 1.165) is 25.4 Å². The molecule has 0 radical (unpaired) electrons. The largest absolute Gasteiger partial charge is 0.497 e. The summed E-state index contributed by atoms with van der Waals surface area (Å²) in [4.78, 5) is 2.61. The Hall–Kier alpha value is -1.06. The predicted octanol–water partition coefficient (Wildman–Crippen LogP) is 3.47. The highest BCUT2D eigenvalue weighted by atomic mass is 16.5. The molecule has 1 saturated heterocycles. The summed E-state index contributed by atoms with van der Waals surface area (Å²) in [5.74, 6) is 0.927. The molecule has 1 aliphatic rings. The quantitative estimate of drug-likeness (QED) is 0.922. The van der Waals surface area contributed by atoms with Crippen molar-refractivity contribution >= 4 is 0 Å². The number of nitrogens with one attached hydrogen (secondary N) is 1. The Bertz CT molecular complexity index is 436. The van der Waals surface area contributed by atoms with Crippen LogP contribution in [0.15, 0.2) is 24.3 Å². The Labute approximate surface area is 129 Å². The number of benzene rings is 1. The van der Waals surface area contributed by atoms with Crippen LogP contribution in [0, 0.1) is 5.41 Å². The first-order chi connectivity index (χ1) is 9.91. The van der Waals surface area contributed by atoms with E-state index >= 15 is 0 Å². The lowest BCUT2D eigenvalue weighted by Gasteiger charge is -2.36. The molecule has 0 aromatic heterocycles. The predicted molar refractivity (Wildman–Crippen MR) is 88.8 cm³/mol. The van der Waals surface area contributed by atoms with Gasteiger partial charge in [-0.1, -0.05) is 32.9 Å². The molecule has 1 aromatic carbocycles. The third kappa shape index (κ3) is 4.21. The molecule has 3 nitrogen and oxygen atoms in total. The molecule has 2 unspecified atom stereocenters. The van der Waals surface area contributed by atoms with Gasteiger partial charge in [-0.2, -0.15) is 0 Å². The van der Waals surface area contributed by atoms with Gasteiger partial charge in [0.15, 0.2) is 0 Å². The van der Waals surface area contributed by atoms with Crippen molar-refractivity contribution in [1.82, 2.24) is 10.2 Å². The zero-order valence-electron chi connectivity index (χ0n) is 14.1. The van der Waals surface area contributed by atoms with E-state index in [4.69, 9.17) is 4.74 Å². The van der Waals surface area contributed by atoms with Crippen LogP contribution in [-0.2, 0) is 0 Å². The maximum atomic E-state index is 5.25. The van der Waals surface area contributed by atoms with Crippen molar-refractivity contribution in [3.8, 4) is 5.75 Å². The first kappa shape index (κ1) is 16.3. The van der Waals surface area contributed by atoms with Gasteiger partial charge in [0.25, 0.3) is 0 Å². The fourth-order valence-electron chi connectivity index (χ4n) is 2.97. The second kappa shape index (κ2) is 6.80. The lowest BCUT2D eigenvalue weighted by molar-refractivity contribution is 0.162. The topological polar surface area (TPSA) is 24.5 Å². The summed E-state index contributed by atoms with van der Waals surface area (Å²) < 4.78 is 5.25. The average molecular weight is 290 g/mol. The lowest BCUT2D eigenvalue weighted by atomic mass is 9.86. The highest BCUT2D eigenvalue weighted by Crippen LogP contribution is 2.27. The van der Waals surface area contributed by atoms with Gasteiger partial charge in [-0.15, -0.1) is 0 Å². The van der Waals surface area contributed by atoms with Crippen LogP contribution < -0.4 is 10.1 Å². The lowest BCUT2D eigenvalue weighted by Crippen LogP contribution is -2.46. The van der Waals surface area contributed by atoms with Crippen molar-refractivity contribution in [3.63, 3.8) is 0 Å². The summed E-state index contributed by atoms with van der Waals surface area (Å²) in [6.45, 7) is 12.7. The minimum atomic E-state index is 0.294. The van der Waals surface area contributed by atoms with Gasteiger partial charge in [0.2, 0.25) is 0 Å². The van der Waals surface area contributed by atoms with Gasteiger partial charge >= 0.3 is 0 Å². The highest BCUT2D eigenvalue weighted by Gasteiger charge is 2.30. The van der Waals surface area contributed by atoms with E-state index in [9.17, 15) is 0 Å². The maximum Gasteiger partial charge on any atom is 0.118 e. The first-order valence-electron chi connectivity index (χ1n) is 8.03. The molecule has 3 heteroatoms. The van der Waals surface area contributed by atoms with E-state index in [1.807, 2.05) is 0 Å². The van der Waals surface area contributed by atoms with Crippen molar-refractivity contribution < 1.29 is 4.74 Å². The molecule has 0 spiro atoms. The van der Waals surface area contributed by atoms with Gasteiger partial charge in [0.05, 0.1) is 7.11 Å². The Kier molecular flexibility index (Phi) is 5.28. The standard InChI is InChI=1S/C18H30N2O/c1-14(15-7-9-16(21-5)10-8-15)20-12-6-11-19-17(13-20)18(2,3)4/h7-10,14,17,19H,6,11-13H2,1-5H3. The van der Waals surface area contributed by atoms with Crippen LogP contribution in [0.3, 0.4) is 0 Å². The number of rotatable bonds is 3. The van der Waals surface area contributed by atoms with Crippen LogP contribution in [0.2, 0.25) is 0 Å². The molecule has 1 aromatic rings. The highest BCUT2D eigenvalue weighted by molar-refractivity contribution is 5.29. The molecule has 0 saturated carbocycles. The summed E-state index contributed by atoms with van der Waals surface area (Å²) in [5.41, 5.74) is 1.66. The van der Waals surface area contributed by atoms with Crippen molar-refractivity contribution in [2.24, 2.45) is 5.41 Å². The summed E-state index contributed by atoms with van der Waals surface area (Å²) in [5, 5.41) is 3.71. The molecule has 0 bridgehead atoms. The third-order valence-electron chi connectivity index (χ3n) is 4.62. The Balaban J connectivity index is 2.10. The molecule has 0 aliphatic carbocycles. The molecule has 1 aliphatic heterocycles. The summed E-state index contributed by atoms with van der Waals surface area (Å²) in [6, 6.07) is 9.48. The van der Waals surface area contributed by atoms with E-state index in [0.29, 0.717) is 17.5 Å². The van der Waals surface area contributed by atoms with Crippen LogP contribution in [0.5, 0.6) is 5.75 Å². The second-order valence-electron chi connectivity index (χ2n) is 7.17. The van der Waals surface area contributed by atoms with E-state index in [2.05, 4.69) is 62.2 Å². The summed E-state index contributed by atoms with van der Waals surface area (Å²) >= 11 is 0. The van der Waals surface area contributed by atoms with Crippen molar-refractivity contribution in [3.05, 3.63) is 29.8 Å².